The second-order valence-electron chi connectivity index (χ2n) is 4.72. The van der Waals surface area contributed by atoms with E-state index in [1.807, 2.05) is 29.6 Å². The van der Waals surface area contributed by atoms with Crippen molar-refractivity contribution in [1.82, 2.24) is 9.97 Å². The number of methoxy groups -OCH3 is 1. The third-order valence-electron chi connectivity index (χ3n) is 3.22. The minimum Gasteiger partial charge on any atom is -0.497 e. The van der Waals surface area contributed by atoms with E-state index in [1.54, 1.807) is 18.4 Å². The summed E-state index contributed by atoms with van der Waals surface area (Å²) in [6, 6.07) is 7.92. The molecule has 1 aromatic carbocycles. The van der Waals surface area contributed by atoms with Crippen molar-refractivity contribution in [3.8, 4) is 17.1 Å². The molecule has 3 aromatic rings. The van der Waals surface area contributed by atoms with Gasteiger partial charge in [0.05, 0.1) is 12.6 Å². The van der Waals surface area contributed by atoms with Crippen LogP contribution >= 0.6 is 11.3 Å². The van der Waals surface area contributed by atoms with E-state index in [0.717, 1.165) is 46.8 Å². The maximum atomic E-state index is 5.30. The van der Waals surface area contributed by atoms with Crippen LogP contribution in [0.3, 0.4) is 0 Å². The first kappa shape index (κ1) is 13.8. The molecule has 0 bridgehead atoms. The molecule has 2 aromatic heterocycles. The fourth-order valence-corrected chi connectivity index (χ4v) is 2.77. The molecular formula is C16H17N3OS. The summed E-state index contributed by atoms with van der Waals surface area (Å²) in [7, 11) is 1.67. The van der Waals surface area contributed by atoms with Crippen LogP contribution in [-0.4, -0.2) is 23.6 Å². The zero-order valence-corrected chi connectivity index (χ0v) is 12.9. The minimum atomic E-state index is 0.757. The fraction of sp³-hybridized carbons (Fsp3) is 0.250. The second kappa shape index (κ2) is 6.10. The van der Waals surface area contributed by atoms with Gasteiger partial charge in [0.25, 0.3) is 0 Å². The first-order valence-electron chi connectivity index (χ1n) is 6.94. The van der Waals surface area contributed by atoms with E-state index in [-0.39, 0.29) is 0 Å². The summed E-state index contributed by atoms with van der Waals surface area (Å²) in [5.41, 5.74) is 1.97. The lowest BCUT2D eigenvalue weighted by atomic mass is 10.2. The summed E-state index contributed by atoms with van der Waals surface area (Å²) >= 11 is 1.65. The van der Waals surface area contributed by atoms with Crippen LogP contribution in [0, 0.1) is 0 Å². The van der Waals surface area contributed by atoms with Gasteiger partial charge in [0.15, 0.2) is 5.82 Å². The number of rotatable bonds is 5. The summed E-state index contributed by atoms with van der Waals surface area (Å²) < 4.78 is 5.30. The summed E-state index contributed by atoms with van der Waals surface area (Å²) in [5, 5.41) is 8.48. The van der Waals surface area contributed by atoms with Gasteiger partial charge in [0.2, 0.25) is 0 Å². The van der Waals surface area contributed by atoms with Crippen LogP contribution in [0.1, 0.15) is 13.3 Å². The molecule has 0 amide bonds. The molecule has 0 saturated carbocycles. The lowest BCUT2D eigenvalue weighted by Gasteiger charge is -2.11. The molecule has 0 unspecified atom stereocenters. The van der Waals surface area contributed by atoms with Crippen molar-refractivity contribution in [3.63, 3.8) is 0 Å². The Labute approximate surface area is 127 Å². The van der Waals surface area contributed by atoms with E-state index in [1.165, 1.54) is 0 Å². The van der Waals surface area contributed by atoms with Crippen molar-refractivity contribution >= 4 is 28.1 Å². The molecule has 2 heterocycles. The third kappa shape index (κ3) is 2.83. The number of nitrogens with zero attached hydrogens (tertiary/aromatic N) is 2. The van der Waals surface area contributed by atoms with Gasteiger partial charge < -0.3 is 10.1 Å². The molecule has 108 valence electrons. The Morgan fingerprint density at radius 3 is 2.86 bits per heavy atom. The van der Waals surface area contributed by atoms with Crippen molar-refractivity contribution in [3.05, 3.63) is 35.0 Å². The van der Waals surface area contributed by atoms with Gasteiger partial charge >= 0.3 is 0 Å². The van der Waals surface area contributed by atoms with E-state index in [0.29, 0.717) is 0 Å². The number of ether oxygens (including phenoxy) is 1. The van der Waals surface area contributed by atoms with Crippen LogP contribution in [-0.2, 0) is 0 Å². The molecular weight excluding hydrogens is 282 g/mol. The number of anilines is 1. The van der Waals surface area contributed by atoms with Crippen LogP contribution in [0.5, 0.6) is 5.75 Å². The lowest BCUT2D eigenvalue weighted by Crippen LogP contribution is -2.04. The maximum absolute atomic E-state index is 5.30. The first-order chi connectivity index (χ1) is 10.3. The molecule has 3 rings (SSSR count). The van der Waals surface area contributed by atoms with Gasteiger partial charge in [-0.05, 0) is 36.1 Å². The topological polar surface area (TPSA) is 47.0 Å². The number of benzene rings is 1. The minimum absolute atomic E-state index is 0.757. The molecule has 0 radical (unpaired) electrons. The third-order valence-corrected chi connectivity index (χ3v) is 3.91. The Morgan fingerprint density at radius 2 is 2.14 bits per heavy atom. The standard InChI is InChI=1S/C16H17N3OS/c1-3-7-17-16-13-9-12(20-2)4-5-14(13)18-15(19-16)11-6-8-21-10-11/h4-6,8-10H,3,7H2,1-2H3,(H,17,18,19). The highest BCUT2D eigenvalue weighted by Crippen LogP contribution is 2.28. The SMILES string of the molecule is CCCNc1nc(-c2ccsc2)nc2ccc(OC)cc12. The highest BCUT2D eigenvalue weighted by atomic mass is 32.1. The largest absolute Gasteiger partial charge is 0.497 e. The van der Waals surface area contributed by atoms with Crippen LogP contribution in [0.25, 0.3) is 22.3 Å². The van der Waals surface area contributed by atoms with Crippen molar-refractivity contribution < 1.29 is 4.74 Å². The van der Waals surface area contributed by atoms with Gasteiger partial charge in [-0.3, -0.25) is 0 Å². The highest BCUT2D eigenvalue weighted by molar-refractivity contribution is 7.08. The fourth-order valence-electron chi connectivity index (χ4n) is 2.13. The van der Waals surface area contributed by atoms with Crippen LogP contribution in [0.4, 0.5) is 5.82 Å². The Kier molecular flexibility index (Phi) is 4.01. The number of hydrogen-bond donors (Lipinski definition) is 1. The number of nitrogens with one attached hydrogen (secondary N) is 1. The van der Waals surface area contributed by atoms with Gasteiger partial charge in [-0.1, -0.05) is 6.92 Å². The summed E-state index contributed by atoms with van der Waals surface area (Å²) in [5.74, 6) is 2.43. The van der Waals surface area contributed by atoms with E-state index in [2.05, 4.69) is 27.6 Å². The van der Waals surface area contributed by atoms with Crippen LogP contribution < -0.4 is 10.1 Å². The monoisotopic (exact) mass is 299 g/mol. The van der Waals surface area contributed by atoms with Gasteiger partial charge in [-0.25, -0.2) is 9.97 Å². The number of fused-ring (bicyclic) bond motifs is 1. The molecule has 5 heteroatoms. The number of thiophene rings is 1. The average molecular weight is 299 g/mol. The summed E-state index contributed by atoms with van der Waals surface area (Å²) in [6.45, 7) is 3.02. The molecule has 0 aliphatic carbocycles. The predicted molar refractivity (Wildman–Crippen MR) is 88.2 cm³/mol. The quantitative estimate of drug-likeness (QED) is 0.767. The molecule has 0 aliphatic heterocycles. The molecule has 0 saturated heterocycles. The molecule has 1 N–H and O–H groups in total. The van der Waals surface area contributed by atoms with Gasteiger partial charge in [0, 0.05) is 22.9 Å². The number of hydrogen-bond acceptors (Lipinski definition) is 5. The Bertz CT molecular complexity index is 741. The zero-order valence-electron chi connectivity index (χ0n) is 12.1. The predicted octanol–water partition coefficient (Wildman–Crippen LogP) is 4.19. The molecule has 0 fully saturated rings. The average Bonchev–Trinajstić information content (AvgIpc) is 3.06. The van der Waals surface area contributed by atoms with Crippen molar-refractivity contribution in [2.75, 3.05) is 19.0 Å². The Morgan fingerprint density at radius 1 is 1.24 bits per heavy atom. The number of aromatic nitrogens is 2. The van der Waals surface area contributed by atoms with Gasteiger partial charge in [-0.2, -0.15) is 11.3 Å². The van der Waals surface area contributed by atoms with Crippen molar-refractivity contribution in [2.45, 2.75) is 13.3 Å². The van der Waals surface area contributed by atoms with Crippen LogP contribution in [0.15, 0.2) is 35.0 Å². The Hall–Kier alpha value is -2.14. The van der Waals surface area contributed by atoms with Crippen molar-refractivity contribution in [1.29, 1.82) is 0 Å². The van der Waals surface area contributed by atoms with Gasteiger partial charge in [-0.15, -0.1) is 0 Å². The van der Waals surface area contributed by atoms with E-state index in [4.69, 9.17) is 4.74 Å². The molecule has 0 atom stereocenters. The maximum Gasteiger partial charge on any atom is 0.162 e. The van der Waals surface area contributed by atoms with E-state index in [9.17, 15) is 0 Å². The lowest BCUT2D eigenvalue weighted by molar-refractivity contribution is 0.415. The van der Waals surface area contributed by atoms with Gasteiger partial charge in [0.1, 0.15) is 11.6 Å². The van der Waals surface area contributed by atoms with E-state index < -0.39 is 0 Å². The molecule has 4 nitrogen and oxygen atoms in total. The Balaban J connectivity index is 2.16. The van der Waals surface area contributed by atoms with E-state index >= 15 is 0 Å². The molecule has 0 aliphatic rings. The second-order valence-corrected chi connectivity index (χ2v) is 5.50. The van der Waals surface area contributed by atoms with Crippen molar-refractivity contribution in [2.24, 2.45) is 0 Å². The smallest absolute Gasteiger partial charge is 0.162 e. The molecule has 0 spiro atoms. The summed E-state index contributed by atoms with van der Waals surface area (Å²) in [6.07, 6.45) is 1.04. The normalized spacial score (nSPS) is 10.8. The summed E-state index contributed by atoms with van der Waals surface area (Å²) in [4.78, 5) is 9.35. The molecule has 21 heavy (non-hydrogen) atoms. The highest BCUT2D eigenvalue weighted by Gasteiger charge is 2.10. The van der Waals surface area contributed by atoms with Crippen LogP contribution in [0.2, 0.25) is 0 Å². The first-order valence-corrected chi connectivity index (χ1v) is 7.88. The zero-order chi connectivity index (χ0) is 14.7.